The van der Waals surface area contributed by atoms with Crippen LogP contribution in [0.4, 0.5) is 13.2 Å². The highest BCUT2D eigenvalue weighted by Crippen LogP contribution is 2.40. The number of carbonyl (C=O) groups excluding carboxylic acids is 1. The third kappa shape index (κ3) is 5.03. The summed E-state index contributed by atoms with van der Waals surface area (Å²) in [6.45, 7) is 4.76. The highest BCUT2D eigenvalue weighted by Gasteiger charge is 2.43. The number of carbonyl (C=O) groups is 1. The van der Waals surface area contributed by atoms with Crippen LogP contribution in [0.3, 0.4) is 0 Å². The topological polar surface area (TPSA) is 20.3 Å². The van der Waals surface area contributed by atoms with Crippen LogP contribution in [0.2, 0.25) is 0 Å². The van der Waals surface area contributed by atoms with Gasteiger partial charge in [-0.3, -0.25) is 4.79 Å². The van der Waals surface area contributed by atoms with E-state index in [4.69, 9.17) is 0 Å². The van der Waals surface area contributed by atoms with Gasteiger partial charge < -0.3 is 4.90 Å². The third-order valence-electron chi connectivity index (χ3n) is 3.90. The summed E-state index contributed by atoms with van der Waals surface area (Å²) in [5, 5.41) is 0. The molecule has 0 heterocycles. The van der Waals surface area contributed by atoms with Crippen molar-refractivity contribution in [3.8, 4) is 0 Å². The zero-order chi connectivity index (χ0) is 14.6. The molecular formula is C14H24F3NO. The number of halogens is 3. The van der Waals surface area contributed by atoms with Crippen molar-refractivity contribution in [2.45, 2.75) is 52.1 Å². The van der Waals surface area contributed by atoms with E-state index in [1.807, 2.05) is 0 Å². The minimum absolute atomic E-state index is 0.0334. The first-order chi connectivity index (χ1) is 8.71. The Hall–Kier alpha value is -0.740. The second-order valence-electron chi connectivity index (χ2n) is 6.04. The quantitative estimate of drug-likeness (QED) is 0.765. The third-order valence-corrected chi connectivity index (χ3v) is 3.90. The van der Waals surface area contributed by atoms with E-state index in [1.54, 1.807) is 11.9 Å². The maximum absolute atomic E-state index is 12.7. The van der Waals surface area contributed by atoms with E-state index < -0.39 is 18.0 Å². The van der Waals surface area contributed by atoms with Gasteiger partial charge in [-0.15, -0.1) is 0 Å². The predicted molar refractivity (Wildman–Crippen MR) is 68.6 cm³/mol. The SMILES string of the molecule is CC(C)CCN(C)C(=O)C1CCCC(C(F)(F)F)C1. The molecule has 0 saturated heterocycles. The Kier molecular flexibility index (Phi) is 5.68. The normalized spacial score (nSPS) is 24.6. The van der Waals surface area contributed by atoms with Crippen LogP contribution < -0.4 is 0 Å². The summed E-state index contributed by atoms with van der Waals surface area (Å²) < 4.78 is 38.1. The van der Waals surface area contributed by atoms with Crippen LogP contribution in [0.1, 0.15) is 46.0 Å². The summed E-state index contributed by atoms with van der Waals surface area (Å²) >= 11 is 0. The van der Waals surface area contributed by atoms with Gasteiger partial charge in [0.2, 0.25) is 5.91 Å². The molecule has 2 nitrogen and oxygen atoms in total. The minimum Gasteiger partial charge on any atom is -0.346 e. The van der Waals surface area contributed by atoms with Crippen molar-refractivity contribution >= 4 is 5.91 Å². The largest absolute Gasteiger partial charge is 0.391 e. The van der Waals surface area contributed by atoms with Crippen molar-refractivity contribution in [1.82, 2.24) is 4.90 Å². The number of hydrogen-bond acceptors (Lipinski definition) is 1. The Bertz CT molecular complexity index is 302. The molecule has 0 aromatic heterocycles. The van der Waals surface area contributed by atoms with Gasteiger partial charge in [0.25, 0.3) is 0 Å². The summed E-state index contributed by atoms with van der Waals surface area (Å²) in [6, 6.07) is 0. The van der Waals surface area contributed by atoms with Gasteiger partial charge in [-0.25, -0.2) is 0 Å². The standard InChI is InChI=1S/C14H24F3NO/c1-10(2)7-8-18(3)13(19)11-5-4-6-12(9-11)14(15,16)17/h10-12H,4-9H2,1-3H3. The van der Waals surface area contributed by atoms with Crippen LogP contribution in [0, 0.1) is 17.8 Å². The number of alkyl halides is 3. The zero-order valence-electron chi connectivity index (χ0n) is 12.0. The van der Waals surface area contributed by atoms with E-state index in [9.17, 15) is 18.0 Å². The lowest BCUT2D eigenvalue weighted by atomic mass is 9.80. The van der Waals surface area contributed by atoms with E-state index in [0.29, 0.717) is 25.3 Å². The number of nitrogens with zero attached hydrogens (tertiary/aromatic N) is 1. The van der Waals surface area contributed by atoms with Crippen LogP contribution in [-0.2, 0) is 4.79 Å². The van der Waals surface area contributed by atoms with Gasteiger partial charge in [-0.1, -0.05) is 20.3 Å². The van der Waals surface area contributed by atoms with Crippen molar-refractivity contribution in [1.29, 1.82) is 0 Å². The first-order valence-corrected chi connectivity index (χ1v) is 7.03. The summed E-state index contributed by atoms with van der Waals surface area (Å²) in [4.78, 5) is 13.7. The molecule has 1 saturated carbocycles. The number of amides is 1. The molecule has 1 fully saturated rings. The molecule has 19 heavy (non-hydrogen) atoms. The van der Waals surface area contributed by atoms with Gasteiger partial charge in [-0.05, 0) is 31.6 Å². The average molecular weight is 279 g/mol. The van der Waals surface area contributed by atoms with Gasteiger partial charge in [0.05, 0.1) is 5.92 Å². The molecule has 1 aliphatic carbocycles. The molecule has 2 unspecified atom stereocenters. The van der Waals surface area contributed by atoms with Gasteiger partial charge in [0, 0.05) is 19.5 Å². The molecular weight excluding hydrogens is 255 g/mol. The van der Waals surface area contributed by atoms with Crippen LogP contribution in [0.15, 0.2) is 0 Å². The lowest BCUT2D eigenvalue weighted by Crippen LogP contribution is -2.39. The van der Waals surface area contributed by atoms with E-state index in [-0.39, 0.29) is 18.7 Å². The molecule has 0 aromatic rings. The smallest absolute Gasteiger partial charge is 0.346 e. The van der Waals surface area contributed by atoms with Crippen LogP contribution in [0.25, 0.3) is 0 Å². The van der Waals surface area contributed by atoms with E-state index in [2.05, 4.69) is 13.8 Å². The Morgan fingerprint density at radius 1 is 1.32 bits per heavy atom. The Morgan fingerprint density at radius 2 is 1.95 bits per heavy atom. The Morgan fingerprint density at radius 3 is 2.47 bits per heavy atom. The molecule has 0 aromatic carbocycles. The van der Waals surface area contributed by atoms with Crippen LogP contribution in [-0.4, -0.2) is 30.6 Å². The number of rotatable bonds is 4. The van der Waals surface area contributed by atoms with Crippen molar-refractivity contribution < 1.29 is 18.0 Å². The first kappa shape index (κ1) is 16.3. The summed E-state index contributed by atoms with van der Waals surface area (Å²) in [7, 11) is 1.70. The average Bonchev–Trinajstić information content (AvgIpc) is 2.34. The van der Waals surface area contributed by atoms with Crippen LogP contribution >= 0.6 is 0 Å². The molecule has 1 aliphatic rings. The monoisotopic (exact) mass is 279 g/mol. The van der Waals surface area contributed by atoms with Crippen molar-refractivity contribution in [2.75, 3.05) is 13.6 Å². The van der Waals surface area contributed by atoms with Crippen LogP contribution in [0.5, 0.6) is 0 Å². The first-order valence-electron chi connectivity index (χ1n) is 7.03. The molecule has 0 bridgehead atoms. The minimum atomic E-state index is -4.16. The molecule has 0 spiro atoms. The fraction of sp³-hybridized carbons (Fsp3) is 0.929. The van der Waals surface area contributed by atoms with Crippen molar-refractivity contribution in [2.24, 2.45) is 17.8 Å². The maximum Gasteiger partial charge on any atom is 0.391 e. The maximum atomic E-state index is 12.7. The molecule has 0 aliphatic heterocycles. The molecule has 5 heteroatoms. The molecule has 1 amide bonds. The van der Waals surface area contributed by atoms with E-state index in [1.165, 1.54) is 0 Å². The molecule has 0 radical (unpaired) electrons. The van der Waals surface area contributed by atoms with Gasteiger partial charge >= 0.3 is 6.18 Å². The summed E-state index contributed by atoms with van der Waals surface area (Å²) in [5.41, 5.74) is 0. The predicted octanol–water partition coefficient (Wildman–Crippen LogP) is 3.86. The summed E-state index contributed by atoms with van der Waals surface area (Å²) in [6.07, 6.45) is -2.04. The molecule has 112 valence electrons. The van der Waals surface area contributed by atoms with E-state index in [0.717, 1.165) is 6.42 Å². The fourth-order valence-corrected chi connectivity index (χ4v) is 2.59. The second-order valence-corrected chi connectivity index (χ2v) is 6.04. The highest BCUT2D eigenvalue weighted by molar-refractivity contribution is 5.78. The lowest BCUT2D eigenvalue weighted by molar-refractivity contribution is -0.187. The Labute approximate surface area is 113 Å². The fourth-order valence-electron chi connectivity index (χ4n) is 2.59. The van der Waals surface area contributed by atoms with Gasteiger partial charge in [0.15, 0.2) is 0 Å². The second kappa shape index (κ2) is 6.62. The highest BCUT2D eigenvalue weighted by atomic mass is 19.4. The van der Waals surface area contributed by atoms with Crippen molar-refractivity contribution in [3.63, 3.8) is 0 Å². The van der Waals surface area contributed by atoms with Crippen molar-refractivity contribution in [3.05, 3.63) is 0 Å². The zero-order valence-corrected chi connectivity index (χ0v) is 12.0. The molecule has 0 N–H and O–H groups in total. The molecule has 2 atom stereocenters. The molecule has 1 rings (SSSR count). The van der Waals surface area contributed by atoms with Gasteiger partial charge in [-0.2, -0.15) is 13.2 Å². The Balaban J connectivity index is 2.52. The van der Waals surface area contributed by atoms with E-state index >= 15 is 0 Å². The lowest BCUT2D eigenvalue weighted by Gasteiger charge is -2.32. The van der Waals surface area contributed by atoms with Gasteiger partial charge in [0.1, 0.15) is 0 Å². The number of hydrogen-bond donors (Lipinski definition) is 0. The summed E-state index contributed by atoms with van der Waals surface area (Å²) in [5.74, 6) is -1.37.